The Bertz CT molecular complexity index is 910. The summed E-state index contributed by atoms with van der Waals surface area (Å²) in [7, 11) is -3.93. The standard InChI is InChI=1S/C19H21ClN2O4S/c1-15-5-7-18(8-6-15)27(24,25)22(17-4-2-3-16(20)13-17)14-19(23)21-9-11-26-12-10-21/h2-8,13H,9-12,14H2,1H3. The molecule has 8 heteroatoms. The molecule has 1 aliphatic heterocycles. The first kappa shape index (κ1) is 19.7. The minimum atomic E-state index is -3.93. The summed E-state index contributed by atoms with van der Waals surface area (Å²) < 4.78 is 32.9. The van der Waals surface area contributed by atoms with Gasteiger partial charge in [0.2, 0.25) is 5.91 Å². The van der Waals surface area contributed by atoms with E-state index in [4.69, 9.17) is 16.3 Å². The van der Waals surface area contributed by atoms with E-state index in [0.717, 1.165) is 9.87 Å². The number of aryl methyl sites for hydroxylation is 1. The first-order valence-electron chi connectivity index (χ1n) is 8.58. The van der Waals surface area contributed by atoms with Gasteiger partial charge in [-0.2, -0.15) is 0 Å². The molecule has 0 saturated carbocycles. The topological polar surface area (TPSA) is 66.9 Å². The fourth-order valence-corrected chi connectivity index (χ4v) is 4.41. The van der Waals surface area contributed by atoms with Crippen LogP contribution in [0.15, 0.2) is 53.4 Å². The van der Waals surface area contributed by atoms with Crippen LogP contribution < -0.4 is 4.31 Å². The van der Waals surface area contributed by atoms with Crippen LogP contribution >= 0.6 is 11.6 Å². The van der Waals surface area contributed by atoms with Gasteiger partial charge in [0.25, 0.3) is 10.0 Å². The number of halogens is 1. The second-order valence-electron chi connectivity index (χ2n) is 6.30. The molecule has 2 aromatic rings. The van der Waals surface area contributed by atoms with Crippen molar-refractivity contribution in [2.45, 2.75) is 11.8 Å². The monoisotopic (exact) mass is 408 g/mol. The fraction of sp³-hybridized carbons (Fsp3) is 0.316. The molecule has 0 radical (unpaired) electrons. The van der Waals surface area contributed by atoms with E-state index >= 15 is 0 Å². The van der Waals surface area contributed by atoms with E-state index in [9.17, 15) is 13.2 Å². The number of morpholine rings is 1. The highest BCUT2D eigenvalue weighted by molar-refractivity contribution is 7.92. The van der Waals surface area contributed by atoms with Crippen LogP contribution in [0.2, 0.25) is 5.02 Å². The summed E-state index contributed by atoms with van der Waals surface area (Å²) in [5.74, 6) is -0.269. The lowest BCUT2D eigenvalue weighted by atomic mass is 10.2. The van der Waals surface area contributed by atoms with E-state index in [1.807, 2.05) is 6.92 Å². The average Bonchev–Trinajstić information content (AvgIpc) is 2.67. The van der Waals surface area contributed by atoms with Gasteiger partial charge in [0, 0.05) is 18.1 Å². The van der Waals surface area contributed by atoms with E-state index < -0.39 is 10.0 Å². The Balaban J connectivity index is 1.96. The number of hydrogen-bond donors (Lipinski definition) is 0. The molecular weight excluding hydrogens is 388 g/mol. The predicted molar refractivity (Wildman–Crippen MR) is 105 cm³/mol. The first-order chi connectivity index (χ1) is 12.9. The zero-order chi connectivity index (χ0) is 19.4. The largest absolute Gasteiger partial charge is 0.378 e. The third kappa shape index (κ3) is 4.61. The molecule has 144 valence electrons. The molecule has 1 heterocycles. The number of sulfonamides is 1. The molecule has 0 atom stereocenters. The van der Waals surface area contributed by atoms with Crippen LogP contribution in [0.25, 0.3) is 0 Å². The minimum absolute atomic E-state index is 0.128. The van der Waals surface area contributed by atoms with Gasteiger partial charge in [-0.05, 0) is 37.3 Å². The number of nitrogens with zero attached hydrogens (tertiary/aromatic N) is 2. The van der Waals surface area contributed by atoms with Gasteiger partial charge in [0.1, 0.15) is 6.54 Å². The summed E-state index contributed by atoms with van der Waals surface area (Å²) in [6.07, 6.45) is 0. The lowest BCUT2D eigenvalue weighted by Gasteiger charge is -2.30. The number of rotatable bonds is 5. The summed E-state index contributed by atoms with van der Waals surface area (Å²) in [6, 6.07) is 13.0. The molecule has 1 fully saturated rings. The Kier molecular flexibility index (Phi) is 6.04. The van der Waals surface area contributed by atoms with Crippen LogP contribution in [-0.4, -0.2) is 52.1 Å². The first-order valence-corrected chi connectivity index (χ1v) is 10.4. The lowest BCUT2D eigenvalue weighted by molar-refractivity contribution is -0.133. The van der Waals surface area contributed by atoms with Crippen molar-refractivity contribution in [2.75, 3.05) is 37.2 Å². The second kappa shape index (κ2) is 8.29. The SMILES string of the molecule is Cc1ccc(S(=O)(=O)N(CC(=O)N2CCOCC2)c2cccc(Cl)c2)cc1. The van der Waals surface area contributed by atoms with Gasteiger partial charge in [-0.3, -0.25) is 9.10 Å². The number of amides is 1. The predicted octanol–water partition coefficient (Wildman–Crippen LogP) is 2.70. The molecule has 2 aromatic carbocycles. The average molecular weight is 409 g/mol. The quantitative estimate of drug-likeness (QED) is 0.762. The number of carbonyl (C=O) groups is 1. The Hall–Kier alpha value is -2.09. The molecule has 0 bridgehead atoms. The highest BCUT2D eigenvalue weighted by Crippen LogP contribution is 2.26. The summed E-state index contributed by atoms with van der Waals surface area (Å²) in [5.41, 5.74) is 1.30. The Morgan fingerprint density at radius 2 is 1.81 bits per heavy atom. The van der Waals surface area contributed by atoms with Crippen molar-refractivity contribution in [2.24, 2.45) is 0 Å². The Morgan fingerprint density at radius 3 is 2.44 bits per heavy atom. The van der Waals surface area contributed by atoms with Crippen molar-refractivity contribution in [3.8, 4) is 0 Å². The van der Waals surface area contributed by atoms with Gasteiger partial charge < -0.3 is 9.64 Å². The zero-order valence-electron chi connectivity index (χ0n) is 15.0. The Labute approximate surface area is 164 Å². The van der Waals surface area contributed by atoms with Gasteiger partial charge in [-0.25, -0.2) is 8.42 Å². The van der Waals surface area contributed by atoms with Crippen molar-refractivity contribution < 1.29 is 17.9 Å². The van der Waals surface area contributed by atoms with Crippen molar-refractivity contribution in [1.82, 2.24) is 4.90 Å². The van der Waals surface area contributed by atoms with E-state index in [1.54, 1.807) is 53.4 Å². The highest BCUT2D eigenvalue weighted by Gasteiger charge is 2.29. The third-order valence-corrected chi connectivity index (χ3v) is 6.37. The summed E-state index contributed by atoms with van der Waals surface area (Å²) in [6.45, 7) is 3.39. The number of anilines is 1. The lowest BCUT2D eigenvalue weighted by Crippen LogP contribution is -2.47. The van der Waals surface area contributed by atoms with Crippen molar-refractivity contribution in [3.05, 3.63) is 59.1 Å². The molecule has 3 rings (SSSR count). The van der Waals surface area contributed by atoms with E-state index in [0.29, 0.717) is 37.0 Å². The van der Waals surface area contributed by atoms with Crippen LogP contribution in [-0.2, 0) is 19.6 Å². The molecule has 0 unspecified atom stereocenters. The zero-order valence-corrected chi connectivity index (χ0v) is 16.5. The second-order valence-corrected chi connectivity index (χ2v) is 8.60. The van der Waals surface area contributed by atoms with Crippen molar-refractivity contribution in [3.63, 3.8) is 0 Å². The van der Waals surface area contributed by atoms with E-state index in [-0.39, 0.29) is 17.3 Å². The van der Waals surface area contributed by atoms with Crippen LogP contribution in [0.1, 0.15) is 5.56 Å². The molecule has 1 saturated heterocycles. The smallest absolute Gasteiger partial charge is 0.264 e. The van der Waals surface area contributed by atoms with Crippen LogP contribution in [0, 0.1) is 6.92 Å². The van der Waals surface area contributed by atoms with E-state index in [1.165, 1.54) is 0 Å². The maximum atomic E-state index is 13.3. The van der Waals surface area contributed by atoms with Crippen LogP contribution in [0.5, 0.6) is 0 Å². The van der Waals surface area contributed by atoms with Gasteiger partial charge in [-0.15, -0.1) is 0 Å². The van der Waals surface area contributed by atoms with Gasteiger partial charge in [-0.1, -0.05) is 35.4 Å². The number of hydrogen-bond acceptors (Lipinski definition) is 4. The number of benzene rings is 2. The molecule has 0 N–H and O–H groups in total. The van der Waals surface area contributed by atoms with Crippen LogP contribution in [0.4, 0.5) is 5.69 Å². The number of carbonyl (C=O) groups excluding carboxylic acids is 1. The molecule has 6 nitrogen and oxygen atoms in total. The molecule has 1 aliphatic rings. The van der Waals surface area contributed by atoms with Crippen LogP contribution in [0.3, 0.4) is 0 Å². The molecule has 0 aliphatic carbocycles. The molecule has 0 spiro atoms. The normalized spacial score (nSPS) is 14.8. The third-order valence-electron chi connectivity index (χ3n) is 4.35. The summed E-state index contributed by atoms with van der Waals surface area (Å²) in [5, 5.41) is 0.399. The van der Waals surface area contributed by atoms with Gasteiger partial charge in [0.05, 0.1) is 23.8 Å². The minimum Gasteiger partial charge on any atom is -0.378 e. The molecule has 27 heavy (non-hydrogen) atoms. The summed E-state index contributed by atoms with van der Waals surface area (Å²) in [4.78, 5) is 14.5. The maximum absolute atomic E-state index is 13.3. The van der Waals surface area contributed by atoms with Gasteiger partial charge in [0.15, 0.2) is 0 Å². The highest BCUT2D eigenvalue weighted by atomic mass is 35.5. The molecule has 1 amide bonds. The molecular formula is C19H21ClN2O4S. The van der Waals surface area contributed by atoms with E-state index in [2.05, 4.69) is 0 Å². The molecule has 0 aromatic heterocycles. The van der Waals surface area contributed by atoms with Crippen molar-refractivity contribution in [1.29, 1.82) is 0 Å². The Morgan fingerprint density at radius 1 is 1.15 bits per heavy atom. The number of ether oxygens (including phenoxy) is 1. The fourth-order valence-electron chi connectivity index (χ4n) is 2.82. The van der Waals surface area contributed by atoms with Gasteiger partial charge >= 0.3 is 0 Å². The summed E-state index contributed by atoms with van der Waals surface area (Å²) >= 11 is 6.06. The van der Waals surface area contributed by atoms with Crippen molar-refractivity contribution >= 4 is 33.2 Å². The maximum Gasteiger partial charge on any atom is 0.264 e.